The number of hydrogen-bond donors (Lipinski definition) is 3. The van der Waals surface area contributed by atoms with Crippen LogP contribution in [0.4, 0.5) is 4.79 Å². The van der Waals surface area contributed by atoms with Crippen molar-refractivity contribution >= 4 is 29.2 Å². The Labute approximate surface area is 184 Å². The molecule has 0 spiro atoms. The second-order valence-corrected chi connectivity index (χ2v) is 8.17. The lowest BCUT2D eigenvalue weighted by atomic mass is 10.1. The summed E-state index contributed by atoms with van der Waals surface area (Å²) in [5.41, 5.74) is 0.288. The van der Waals surface area contributed by atoms with E-state index in [1.807, 2.05) is 17.5 Å². The summed E-state index contributed by atoms with van der Waals surface area (Å²) < 4.78 is 10.0. The number of unbranched alkanes of at least 4 members (excludes halogenated alkanes) is 2. The van der Waals surface area contributed by atoms with Gasteiger partial charge in [0.25, 0.3) is 11.8 Å². The maximum Gasteiger partial charge on any atom is 0.407 e. The van der Waals surface area contributed by atoms with Crippen LogP contribution in [0.25, 0.3) is 10.6 Å². The van der Waals surface area contributed by atoms with Gasteiger partial charge in [0.2, 0.25) is 0 Å². The Morgan fingerprint density at radius 1 is 1.29 bits per heavy atom. The molecule has 0 bridgehead atoms. The van der Waals surface area contributed by atoms with Crippen LogP contribution >= 0.6 is 11.3 Å². The molecular formula is C20H27N5O5S. The van der Waals surface area contributed by atoms with E-state index in [1.165, 1.54) is 18.4 Å². The predicted molar refractivity (Wildman–Crippen MR) is 115 cm³/mol. The predicted octanol–water partition coefficient (Wildman–Crippen LogP) is 1.46. The zero-order valence-electron chi connectivity index (χ0n) is 17.4. The summed E-state index contributed by atoms with van der Waals surface area (Å²) in [6.07, 6.45) is 2.31. The van der Waals surface area contributed by atoms with Crippen molar-refractivity contribution in [1.29, 1.82) is 0 Å². The van der Waals surface area contributed by atoms with Crippen LogP contribution in [0.5, 0.6) is 0 Å². The van der Waals surface area contributed by atoms with E-state index in [-0.39, 0.29) is 30.2 Å². The van der Waals surface area contributed by atoms with E-state index in [4.69, 9.17) is 9.26 Å². The van der Waals surface area contributed by atoms with Gasteiger partial charge in [0, 0.05) is 32.7 Å². The van der Waals surface area contributed by atoms with Gasteiger partial charge in [-0.1, -0.05) is 17.6 Å². The van der Waals surface area contributed by atoms with E-state index in [1.54, 1.807) is 6.07 Å². The van der Waals surface area contributed by atoms with Crippen molar-refractivity contribution in [2.45, 2.75) is 25.3 Å². The fraction of sp³-hybridized carbons (Fsp3) is 0.500. The molecule has 11 heteroatoms. The van der Waals surface area contributed by atoms with E-state index in [0.29, 0.717) is 12.3 Å². The first-order chi connectivity index (χ1) is 15.0. The van der Waals surface area contributed by atoms with Gasteiger partial charge in [-0.25, -0.2) is 4.79 Å². The van der Waals surface area contributed by atoms with Gasteiger partial charge in [-0.15, -0.1) is 11.3 Å². The van der Waals surface area contributed by atoms with Gasteiger partial charge in [0.1, 0.15) is 0 Å². The minimum atomic E-state index is -0.571. The van der Waals surface area contributed by atoms with Crippen LogP contribution in [0.1, 0.15) is 29.8 Å². The highest BCUT2D eigenvalue weighted by Crippen LogP contribution is 2.25. The van der Waals surface area contributed by atoms with Crippen LogP contribution in [-0.2, 0) is 9.53 Å². The van der Waals surface area contributed by atoms with Crippen LogP contribution in [-0.4, -0.2) is 73.8 Å². The summed E-state index contributed by atoms with van der Waals surface area (Å²) in [6.45, 7) is 2.78. The molecule has 0 aromatic carbocycles. The molecule has 31 heavy (non-hydrogen) atoms. The van der Waals surface area contributed by atoms with Crippen molar-refractivity contribution < 1.29 is 23.6 Å². The number of aromatic nitrogens is 1. The molecule has 3 amide bonds. The fourth-order valence-electron chi connectivity index (χ4n) is 3.10. The van der Waals surface area contributed by atoms with Gasteiger partial charge in [-0.2, -0.15) is 0 Å². The minimum absolute atomic E-state index is 0.0537. The topological polar surface area (TPSA) is 126 Å². The van der Waals surface area contributed by atoms with Crippen LogP contribution in [0.2, 0.25) is 0 Å². The Kier molecular flexibility index (Phi) is 8.42. The van der Waals surface area contributed by atoms with E-state index in [0.717, 1.165) is 43.8 Å². The number of likely N-dealkylation sites (tertiary alicyclic amines) is 1. The summed E-state index contributed by atoms with van der Waals surface area (Å²) in [5, 5.41) is 13.8. The van der Waals surface area contributed by atoms with Gasteiger partial charge in [0.05, 0.1) is 10.9 Å². The summed E-state index contributed by atoms with van der Waals surface area (Å²) in [6, 6.07) is 5.55. The number of rotatable bonds is 11. The van der Waals surface area contributed by atoms with E-state index < -0.39 is 6.09 Å². The first kappa shape index (κ1) is 22.8. The van der Waals surface area contributed by atoms with Crippen LogP contribution in [0.15, 0.2) is 28.1 Å². The Balaban J connectivity index is 1.19. The molecular weight excluding hydrogens is 422 g/mol. The van der Waals surface area contributed by atoms with Crippen molar-refractivity contribution in [3.05, 3.63) is 29.3 Å². The number of nitrogens with zero attached hydrogens (tertiary/aromatic N) is 2. The van der Waals surface area contributed by atoms with Crippen molar-refractivity contribution in [2.75, 3.05) is 39.8 Å². The van der Waals surface area contributed by atoms with E-state index >= 15 is 0 Å². The minimum Gasteiger partial charge on any atom is -0.439 e. The van der Waals surface area contributed by atoms with Gasteiger partial charge >= 0.3 is 6.09 Å². The molecule has 0 radical (unpaired) electrons. The maximum atomic E-state index is 12.1. The third kappa shape index (κ3) is 7.07. The largest absolute Gasteiger partial charge is 0.439 e. The van der Waals surface area contributed by atoms with Crippen molar-refractivity contribution in [3.8, 4) is 10.6 Å². The van der Waals surface area contributed by atoms with E-state index in [2.05, 4.69) is 26.0 Å². The van der Waals surface area contributed by atoms with Crippen molar-refractivity contribution in [1.82, 2.24) is 26.0 Å². The maximum absolute atomic E-state index is 12.1. The first-order valence-electron chi connectivity index (χ1n) is 10.2. The lowest BCUT2D eigenvalue weighted by Gasteiger charge is -2.39. The second-order valence-electron chi connectivity index (χ2n) is 7.22. The summed E-state index contributed by atoms with van der Waals surface area (Å²) in [7, 11) is 1.49. The monoisotopic (exact) mass is 449 g/mol. The first-order valence-corrected chi connectivity index (χ1v) is 11.1. The SMILES string of the molecule is CNC(=O)COC(=O)NC1CN(CCCCCNC(=O)c2cc(-c3cccs3)on2)C1. The molecule has 168 valence electrons. The molecule has 0 atom stereocenters. The number of likely N-dealkylation sites (N-methyl/N-ethyl adjacent to an activating group) is 1. The Hall–Kier alpha value is -2.92. The average molecular weight is 450 g/mol. The van der Waals surface area contributed by atoms with Crippen LogP contribution in [0, 0.1) is 0 Å². The van der Waals surface area contributed by atoms with Crippen molar-refractivity contribution in [3.63, 3.8) is 0 Å². The molecule has 1 saturated heterocycles. The molecule has 0 aliphatic carbocycles. The normalized spacial score (nSPS) is 14.0. The Bertz CT molecular complexity index is 863. The molecule has 2 aromatic rings. The molecule has 1 aliphatic rings. The van der Waals surface area contributed by atoms with E-state index in [9.17, 15) is 14.4 Å². The summed E-state index contributed by atoms with van der Waals surface area (Å²) in [4.78, 5) is 37.9. The van der Waals surface area contributed by atoms with Gasteiger partial charge in [-0.3, -0.25) is 14.5 Å². The average Bonchev–Trinajstić information content (AvgIpc) is 3.43. The molecule has 3 rings (SSSR count). The van der Waals surface area contributed by atoms with Gasteiger partial charge < -0.3 is 25.2 Å². The van der Waals surface area contributed by atoms with Gasteiger partial charge in [0.15, 0.2) is 18.1 Å². The summed E-state index contributed by atoms with van der Waals surface area (Å²) in [5.74, 6) is 0.0273. The molecule has 3 heterocycles. The molecule has 1 fully saturated rings. The number of nitrogens with one attached hydrogen (secondary N) is 3. The number of alkyl carbamates (subject to hydrolysis) is 1. The number of carbonyl (C=O) groups excluding carboxylic acids is 3. The Morgan fingerprint density at radius 2 is 2.13 bits per heavy atom. The molecule has 2 aromatic heterocycles. The van der Waals surface area contributed by atoms with Crippen LogP contribution in [0.3, 0.4) is 0 Å². The van der Waals surface area contributed by atoms with Gasteiger partial charge in [-0.05, 0) is 30.8 Å². The summed E-state index contributed by atoms with van der Waals surface area (Å²) >= 11 is 1.53. The highest BCUT2D eigenvalue weighted by molar-refractivity contribution is 7.13. The molecule has 1 aliphatic heterocycles. The number of amides is 3. The zero-order chi connectivity index (χ0) is 22.1. The smallest absolute Gasteiger partial charge is 0.407 e. The third-order valence-corrected chi connectivity index (χ3v) is 5.72. The highest BCUT2D eigenvalue weighted by atomic mass is 32.1. The zero-order valence-corrected chi connectivity index (χ0v) is 18.2. The van der Waals surface area contributed by atoms with Crippen LogP contribution < -0.4 is 16.0 Å². The highest BCUT2D eigenvalue weighted by Gasteiger charge is 2.27. The number of carbonyl (C=O) groups is 3. The Morgan fingerprint density at radius 3 is 2.87 bits per heavy atom. The number of ether oxygens (including phenoxy) is 1. The molecule has 0 saturated carbocycles. The number of hydrogen-bond acceptors (Lipinski definition) is 8. The quantitative estimate of drug-likeness (QED) is 0.443. The third-order valence-electron chi connectivity index (χ3n) is 4.84. The van der Waals surface area contributed by atoms with Crippen molar-refractivity contribution in [2.24, 2.45) is 0 Å². The standard InChI is InChI=1S/C20H27N5O5S/c1-21-18(26)13-29-20(28)23-14-11-25(12-14)8-4-2-3-7-22-19(27)15-10-16(30-24-15)17-6-5-9-31-17/h5-6,9-10,14H,2-4,7-8,11-13H2,1H3,(H,21,26)(H,22,27)(H,23,28). The lowest BCUT2D eigenvalue weighted by Crippen LogP contribution is -2.59. The second kappa shape index (κ2) is 11.5. The molecule has 0 unspecified atom stereocenters. The number of thiophene rings is 1. The molecule has 10 nitrogen and oxygen atoms in total. The lowest BCUT2D eigenvalue weighted by molar-refractivity contribution is -0.123. The fourth-order valence-corrected chi connectivity index (χ4v) is 3.78. The molecule has 3 N–H and O–H groups in total.